The molecule has 4 nitrogen and oxygen atoms in total. The van der Waals surface area contributed by atoms with Gasteiger partial charge in [-0.1, -0.05) is 36.8 Å². The summed E-state index contributed by atoms with van der Waals surface area (Å²) in [7, 11) is 0. The predicted molar refractivity (Wildman–Crippen MR) is 87.3 cm³/mol. The first-order valence-corrected chi connectivity index (χ1v) is 7.73. The van der Waals surface area contributed by atoms with Gasteiger partial charge < -0.3 is 9.73 Å². The highest BCUT2D eigenvalue weighted by molar-refractivity contribution is 6.01. The zero-order valence-electron chi connectivity index (χ0n) is 12.8. The number of hydrogen-bond donors (Lipinski definition) is 1. The fourth-order valence-electron chi connectivity index (χ4n) is 2.97. The second-order valence-corrected chi connectivity index (χ2v) is 5.87. The van der Waals surface area contributed by atoms with Crippen molar-refractivity contribution in [1.29, 1.82) is 5.26 Å². The molecule has 0 unspecified atom stereocenters. The molecule has 116 valence electrons. The molecule has 1 N–H and O–H groups in total. The Morgan fingerprint density at radius 1 is 1.26 bits per heavy atom. The molecule has 4 heteroatoms. The average Bonchev–Trinajstić information content (AvgIpc) is 3.05. The number of furan rings is 1. The highest BCUT2D eigenvalue weighted by Crippen LogP contribution is 2.43. The maximum atomic E-state index is 12.3. The maximum absolute atomic E-state index is 12.3. The van der Waals surface area contributed by atoms with E-state index >= 15 is 0 Å². The molecule has 1 amide bonds. The minimum absolute atomic E-state index is 0.00215. The summed E-state index contributed by atoms with van der Waals surface area (Å²) in [6.45, 7) is 0.549. The lowest BCUT2D eigenvalue weighted by Crippen LogP contribution is -2.45. The van der Waals surface area contributed by atoms with Crippen LogP contribution in [0.5, 0.6) is 0 Å². The molecule has 23 heavy (non-hydrogen) atoms. The number of hydrogen-bond acceptors (Lipinski definition) is 3. The molecule has 0 aliphatic heterocycles. The number of nitrogens with zero attached hydrogens (tertiary/aromatic N) is 1. The van der Waals surface area contributed by atoms with Gasteiger partial charge in [0.2, 0.25) is 0 Å². The highest BCUT2D eigenvalue weighted by atomic mass is 16.3. The molecule has 0 atom stereocenters. The minimum Gasteiger partial charge on any atom is -0.465 e. The Labute approximate surface area is 135 Å². The quantitative estimate of drug-likeness (QED) is 0.680. The van der Waals surface area contributed by atoms with E-state index in [-0.39, 0.29) is 16.9 Å². The number of nitriles is 1. The van der Waals surface area contributed by atoms with E-state index in [0.717, 1.165) is 19.3 Å². The Hall–Kier alpha value is -2.80. The summed E-state index contributed by atoms with van der Waals surface area (Å²) in [6.07, 6.45) is 6.25. The molecule has 2 aromatic rings. The van der Waals surface area contributed by atoms with Crippen molar-refractivity contribution in [2.45, 2.75) is 24.7 Å². The van der Waals surface area contributed by atoms with Crippen LogP contribution >= 0.6 is 0 Å². The predicted octanol–water partition coefficient (Wildman–Crippen LogP) is 3.42. The molecule has 1 aromatic heterocycles. The number of amides is 1. The third-order valence-electron chi connectivity index (χ3n) is 4.48. The zero-order chi connectivity index (χ0) is 16.1. The second kappa shape index (κ2) is 6.53. The minimum atomic E-state index is -0.355. The molecule has 1 aromatic carbocycles. The molecule has 3 rings (SSSR count). The molecule has 1 aliphatic carbocycles. The molecular weight excluding hydrogens is 288 g/mol. The normalized spacial score (nSPS) is 16.2. The van der Waals surface area contributed by atoms with Crippen molar-refractivity contribution in [1.82, 2.24) is 5.32 Å². The van der Waals surface area contributed by atoms with E-state index in [2.05, 4.69) is 17.4 Å². The summed E-state index contributed by atoms with van der Waals surface area (Å²) in [6, 6.07) is 15.6. The summed E-state index contributed by atoms with van der Waals surface area (Å²) in [5, 5.41) is 12.1. The smallest absolute Gasteiger partial charge is 0.262 e. The molecule has 0 bridgehead atoms. The van der Waals surface area contributed by atoms with Gasteiger partial charge in [0.1, 0.15) is 17.4 Å². The van der Waals surface area contributed by atoms with Crippen molar-refractivity contribution in [3.8, 4) is 6.07 Å². The summed E-state index contributed by atoms with van der Waals surface area (Å²) in [5.74, 6) is 0.143. The Balaban J connectivity index is 1.69. The number of nitrogens with one attached hydrogen (secondary N) is 1. The van der Waals surface area contributed by atoms with Crippen molar-refractivity contribution < 1.29 is 9.21 Å². The average molecular weight is 306 g/mol. The second-order valence-electron chi connectivity index (χ2n) is 5.87. The number of rotatable bonds is 5. The maximum Gasteiger partial charge on any atom is 0.262 e. The molecule has 1 saturated carbocycles. The Morgan fingerprint density at radius 3 is 2.61 bits per heavy atom. The van der Waals surface area contributed by atoms with E-state index in [1.165, 1.54) is 17.9 Å². The first-order valence-electron chi connectivity index (χ1n) is 7.73. The van der Waals surface area contributed by atoms with Crippen LogP contribution in [-0.4, -0.2) is 12.5 Å². The highest BCUT2D eigenvalue weighted by Gasteiger charge is 2.38. The Bertz CT molecular complexity index is 735. The van der Waals surface area contributed by atoms with Gasteiger partial charge in [0.25, 0.3) is 5.91 Å². The van der Waals surface area contributed by atoms with Crippen molar-refractivity contribution in [3.63, 3.8) is 0 Å². The van der Waals surface area contributed by atoms with Crippen molar-refractivity contribution in [2.75, 3.05) is 6.54 Å². The Kier molecular flexibility index (Phi) is 4.29. The summed E-state index contributed by atoms with van der Waals surface area (Å²) in [5.41, 5.74) is 1.31. The van der Waals surface area contributed by atoms with E-state index in [0.29, 0.717) is 12.3 Å². The summed E-state index contributed by atoms with van der Waals surface area (Å²) in [4.78, 5) is 12.3. The van der Waals surface area contributed by atoms with Crippen molar-refractivity contribution in [3.05, 3.63) is 65.6 Å². The molecule has 1 aliphatic rings. The molecule has 1 heterocycles. The Morgan fingerprint density at radius 2 is 2.04 bits per heavy atom. The van der Waals surface area contributed by atoms with Crippen molar-refractivity contribution in [2.24, 2.45) is 0 Å². The molecular formula is C19H18N2O2. The fraction of sp³-hybridized carbons (Fsp3) is 0.263. The zero-order valence-corrected chi connectivity index (χ0v) is 12.8. The van der Waals surface area contributed by atoms with E-state index in [4.69, 9.17) is 4.42 Å². The molecule has 0 spiro atoms. The lowest BCUT2D eigenvalue weighted by atomic mass is 9.64. The number of carbonyl (C=O) groups is 1. The van der Waals surface area contributed by atoms with Gasteiger partial charge in [-0.2, -0.15) is 5.26 Å². The standard InChI is InChI=1S/C19H18N2O2/c20-13-15(12-17-8-4-11-23-17)18(22)21-14-19(9-5-10-19)16-6-2-1-3-7-16/h1-4,6-8,11-12H,5,9-10,14H2,(H,21,22)/b15-12+. The van der Waals surface area contributed by atoms with Crippen LogP contribution in [0.2, 0.25) is 0 Å². The van der Waals surface area contributed by atoms with Gasteiger partial charge in [0.15, 0.2) is 0 Å². The van der Waals surface area contributed by atoms with Gasteiger partial charge in [-0.15, -0.1) is 0 Å². The first-order chi connectivity index (χ1) is 11.2. The van der Waals surface area contributed by atoms with Crippen LogP contribution in [0.25, 0.3) is 6.08 Å². The monoisotopic (exact) mass is 306 g/mol. The van der Waals surface area contributed by atoms with Gasteiger partial charge in [-0.3, -0.25) is 4.79 Å². The first kappa shape index (κ1) is 15.1. The molecule has 0 radical (unpaired) electrons. The summed E-state index contributed by atoms with van der Waals surface area (Å²) < 4.78 is 5.16. The third-order valence-corrected chi connectivity index (χ3v) is 4.48. The van der Waals surface area contributed by atoms with Crippen LogP contribution in [0.1, 0.15) is 30.6 Å². The van der Waals surface area contributed by atoms with Crippen LogP contribution in [0.3, 0.4) is 0 Å². The van der Waals surface area contributed by atoms with Crippen LogP contribution in [-0.2, 0) is 10.2 Å². The number of benzene rings is 1. The van der Waals surface area contributed by atoms with E-state index in [1.807, 2.05) is 24.3 Å². The van der Waals surface area contributed by atoms with Crippen LogP contribution in [0.15, 0.2) is 58.7 Å². The third kappa shape index (κ3) is 3.19. The van der Waals surface area contributed by atoms with E-state index in [1.54, 1.807) is 12.1 Å². The fourth-order valence-corrected chi connectivity index (χ4v) is 2.97. The topological polar surface area (TPSA) is 66.0 Å². The van der Waals surface area contributed by atoms with Crippen LogP contribution in [0.4, 0.5) is 0 Å². The van der Waals surface area contributed by atoms with E-state index in [9.17, 15) is 10.1 Å². The van der Waals surface area contributed by atoms with Crippen LogP contribution < -0.4 is 5.32 Å². The van der Waals surface area contributed by atoms with Gasteiger partial charge in [0.05, 0.1) is 6.26 Å². The number of carbonyl (C=O) groups excluding carboxylic acids is 1. The largest absolute Gasteiger partial charge is 0.465 e. The SMILES string of the molecule is N#C/C(=C\c1ccco1)C(=O)NCC1(c2ccccc2)CCC1. The molecule has 1 fully saturated rings. The van der Waals surface area contributed by atoms with Gasteiger partial charge in [-0.25, -0.2) is 0 Å². The van der Waals surface area contributed by atoms with Gasteiger partial charge in [0, 0.05) is 18.0 Å². The lowest BCUT2D eigenvalue weighted by molar-refractivity contribution is -0.117. The summed E-state index contributed by atoms with van der Waals surface area (Å²) >= 11 is 0. The van der Waals surface area contributed by atoms with Gasteiger partial charge >= 0.3 is 0 Å². The lowest BCUT2D eigenvalue weighted by Gasteiger charge is -2.42. The molecule has 0 saturated heterocycles. The van der Waals surface area contributed by atoms with E-state index < -0.39 is 0 Å². The van der Waals surface area contributed by atoms with Crippen LogP contribution in [0, 0.1) is 11.3 Å². The van der Waals surface area contributed by atoms with Gasteiger partial charge in [-0.05, 0) is 30.5 Å². The van der Waals surface area contributed by atoms with Crippen molar-refractivity contribution >= 4 is 12.0 Å².